The Hall–Kier alpha value is -3.66. The summed E-state index contributed by atoms with van der Waals surface area (Å²) in [5, 5.41) is 2.80. The van der Waals surface area contributed by atoms with Crippen molar-refractivity contribution in [2.45, 2.75) is 12.6 Å². The lowest BCUT2D eigenvalue weighted by molar-refractivity contribution is -0.136. The molecule has 5 aromatic rings. The van der Waals surface area contributed by atoms with Crippen molar-refractivity contribution in [1.29, 1.82) is 0 Å². The van der Waals surface area contributed by atoms with Gasteiger partial charge in [0.25, 0.3) is 0 Å². The van der Waals surface area contributed by atoms with E-state index in [1.807, 2.05) is 42.5 Å². The average Bonchev–Trinajstić information content (AvgIpc) is 2.78. The molecule has 0 bridgehead atoms. The van der Waals surface area contributed by atoms with Crippen LogP contribution in [0.5, 0.6) is 0 Å². The normalized spacial score (nSPS) is 11.8. The van der Waals surface area contributed by atoms with Gasteiger partial charge in [0.1, 0.15) is 0 Å². The van der Waals surface area contributed by atoms with Gasteiger partial charge >= 0.3 is 6.18 Å². The second-order valence-corrected chi connectivity index (χ2v) is 7.58. The molecule has 0 radical (unpaired) electrons. The topological polar surface area (TPSA) is 12.9 Å². The Balaban J connectivity index is 1.72. The molecule has 0 spiro atoms. The molecule has 0 fully saturated rings. The Morgan fingerprint density at radius 2 is 1.45 bits per heavy atom. The lowest BCUT2D eigenvalue weighted by Gasteiger charge is -2.16. The van der Waals surface area contributed by atoms with Gasteiger partial charge in [-0.3, -0.25) is 4.98 Å². The molecule has 0 amide bonds. The zero-order chi connectivity index (χ0) is 21.4. The molecular weight excluding hydrogens is 395 g/mol. The maximum atomic E-state index is 13.6. The zero-order valence-electron chi connectivity index (χ0n) is 16.5. The van der Waals surface area contributed by atoms with E-state index >= 15 is 0 Å². The van der Waals surface area contributed by atoms with Crippen LogP contribution in [0.15, 0.2) is 97.2 Å². The lowest BCUT2D eigenvalue weighted by atomic mass is 9.91. The second-order valence-electron chi connectivity index (χ2n) is 7.58. The van der Waals surface area contributed by atoms with E-state index in [2.05, 4.69) is 35.3 Å². The van der Waals surface area contributed by atoms with Crippen molar-refractivity contribution < 1.29 is 13.2 Å². The number of rotatable bonds is 3. The third kappa shape index (κ3) is 3.66. The molecule has 1 nitrogen and oxygen atoms in total. The van der Waals surface area contributed by atoms with Gasteiger partial charge in [-0.15, -0.1) is 0 Å². The number of fused-ring (bicyclic) bond motifs is 2. The summed E-state index contributed by atoms with van der Waals surface area (Å²) in [5.41, 5.74) is 2.93. The summed E-state index contributed by atoms with van der Waals surface area (Å²) >= 11 is 0. The van der Waals surface area contributed by atoms with Crippen molar-refractivity contribution in [3.63, 3.8) is 0 Å². The summed E-state index contributed by atoms with van der Waals surface area (Å²) in [6.07, 6.45) is -2.29. The van der Waals surface area contributed by atoms with E-state index in [1.54, 1.807) is 12.3 Å². The van der Waals surface area contributed by atoms with Crippen molar-refractivity contribution in [1.82, 2.24) is 4.98 Å². The molecule has 1 heterocycles. The minimum absolute atomic E-state index is 0.0175. The quantitative estimate of drug-likeness (QED) is 0.296. The van der Waals surface area contributed by atoms with Crippen molar-refractivity contribution in [2.24, 2.45) is 0 Å². The summed E-state index contributed by atoms with van der Waals surface area (Å²) in [4.78, 5) is 4.27. The van der Waals surface area contributed by atoms with Crippen molar-refractivity contribution >= 4 is 21.7 Å². The fraction of sp³-hybridized carbons (Fsp3) is 0.0741. The molecule has 0 N–H and O–H groups in total. The fourth-order valence-electron chi connectivity index (χ4n) is 4.14. The van der Waals surface area contributed by atoms with Crippen LogP contribution in [0, 0.1) is 0 Å². The van der Waals surface area contributed by atoms with Crippen LogP contribution < -0.4 is 0 Å². The Morgan fingerprint density at radius 3 is 2.23 bits per heavy atom. The van der Waals surface area contributed by atoms with Gasteiger partial charge in [0, 0.05) is 11.6 Å². The minimum Gasteiger partial charge on any atom is -0.255 e. The molecule has 0 saturated heterocycles. The first-order valence-corrected chi connectivity index (χ1v) is 10.0. The van der Waals surface area contributed by atoms with E-state index < -0.39 is 11.7 Å². The predicted octanol–water partition coefficient (Wildman–Crippen LogP) is 7.66. The van der Waals surface area contributed by atoms with Crippen LogP contribution in [-0.2, 0) is 12.6 Å². The van der Waals surface area contributed by atoms with Gasteiger partial charge in [-0.05, 0) is 45.5 Å². The summed E-state index contributed by atoms with van der Waals surface area (Å²) in [7, 11) is 0. The molecule has 0 atom stereocenters. The Morgan fingerprint density at radius 1 is 0.710 bits per heavy atom. The van der Waals surface area contributed by atoms with E-state index in [0.29, 0.717) is 11.8 Å². The van der Waals surface area contributed by atoms with E-state index in [-0.39, 0.29) is 5.52 Å². The predicted molar refractivity (Wildman–Crippen MR) is 119 cm³/mol. The number of pyridine rings is 1. The first kappa shape index (κ1) is 19.3. The molecule has 4 heteroatoms. The van der Waals surface area contributed by atoms with Gasteiger partial charge in [-0.1, -0.05) is 84.9 Å². The van der Waals surface area contributed by atoms with Crippen LogP contribution in [0.1, 0.15) is 16.7 Å². The van der Waals surface area contributed by atoms with Gasteiger partial charge < -0.3 is 0 Å². The molecule has 0 aliphatic rings. The molecular formula is C27H18F3N. The number of nitrogens with zero attached hydrogens (tertiary/aromatic N) is 1. The highest BCUT2D eigenvalue weighted by atomic mass is 19.4. The SMILES string of the molecule is FC(F)(F)c1cccc2c(-c3ccccc3)c(Cc3ccc4ccccc4c3)cnc12. The smallest absolute Gasteiger partial charge is 0.255 e. The Kier molecular flexibility index (Phi) is 4.70. The highest BCUT2D eigenvalue weighted by Gasteiger charge is 2.33. The van der Waals surface area contributed by atoms with Crippen molar-refractivity contribution in [2.75, 3.05) is 0 Å². The Labute approximate surface area is 177 Å². The van der Waals surface area contributed by atoms with Crippen LogP contribution in [0.3, 0.4) is 0 Å². The molecule has 0 saturated carbocycles. The standard InChI is InChI=1S/C27H18F3N/c28-27(29,30)24-12-6-11-23-25(20-8-2-1-3-9-20)22(17-31-26(23)24)16-18-13-14-19-7-4-5-10-21(19)15-18/h1-15,17H,16H2. The number of para-hydroxylation sites is 1. The molecule has 0 aliphatic carbocycles. The van der Waals surface area contributed by atoms with Crippen LogP contribution in [-0.4, -0.2) is 4.98 Å². The molecule has 1 aromatic heterocycles. The average molecular weight is 413 g/mol. The van der Waals surface area contributed by atoms with E-state index in [4.69, 9.17) is 0 Å². The first-order chi connectivity index (χ1) is 15.0. The van der Waals surface area contributed by atoms with Gasteiger partial charge in [-0.2, -0.15) is 13.2 Å². The molecule has 4 aromatic carbocycles. The Bertz CT molecular complexity index is 1390. The second kappa shape index (κ2) is 7.55. The molecule has 0 unspecified atom stereocenters. The summed E-state index contributed by atoms with van der Waals surface area (Å²) in [6.45, 7) is 0. The van der Waals surface area contributed by atoms with Crippen LogP contribution in [0.25, 0.3) is 32.8 Å². The first-order valence-electron chi connectivity index (χ1n) is 10.0. The van der Waals surface area contributed by atoms with Crippen LogP contribution in [0.2, 0.25) is 0 Å². The molecule has 31 heavy (non-hydrogen) atoms. The number of hydrogen-bond donors (Lipinski definition) is 0. The van der Waals surface area contributed by atoms with E-state index in [9.17, 15) is 13.2 Å². The van der Waals surface area contributed by atoms with Crippen LogP contribution >= 0.6 is 0 Å². The fourth-order valence-corrected chi connectivity index (χ4v) is 4.14. The molecule has 152 valence electrons. The third-order valence-electron chi connectivity index (χ3n) is 5.55. The number of alkyl halides is 3. The number of benzene rings is 4. The van der Waals surface area contributed by atoms with E-state index in [1.165, 1.54) is 6.07 Å². The van der Waals surface area contributed by atoms with Gasteiger partial charge in [0.15, 0.2) is 0 Å². The van der Waals surface area contributed by atoms with Gasteiger partial charge in [-0.25, -0.2) is 0 Å². The number of hydrogen-bond acceptors (Lipinski definition) is 1. The molecule has 5 rings (SSSR count). The van der Waals surface area contributed by atoms with Gasteiger partial charge in [0.2, 0.25) is 0 Å². The highest BCUT2D eigenvalue weighted by Crippen LogP contribution is 2.39. The van der Waals surface area contributed by atoms with Gasteiger partial charge in [0.05, 0.1) is 11.1 Å². The minimum atomic E-state index is -4.46. The van der Waals surface area contributed by atoms with E-state index in [0.717, 1.165) is 39.1 Å². The van der Waals surface area contributed by atoms with Crippen LogP contribution in [0.4, 0.5) is 13.2 Å². The molecule has 0 aliphatic heterocycles. The highest BCUT2D eigenvalue weighted by molar-refractivity contribution is 5.98. The third-order valence-corrected chi connectivity index (χ3v) is 5.55. The van der Waals surface area contributed by atoms with Crippen molar-refractivity contribution in [3.8, 4) is 11.1 Å². The zero-order valence-corrected chi connectivity index (χ0v) is 16.5. The summed E-state index contributed by atoms with van der Waals surface area (Å²) < 4.78 is 40.8. The maximum absolute atomic E-state index is 13.6. The lowest BCUT2D eigenvalue weighted by Crippen LogP contribution is -2.07. The maximum Gasteiger partial charge on any atom is 0.418 e. The summed E-state index contributed by atoms with van der Waals surface area (Å²) in [5.74, 6) is 0. The number of halogens is 3. The number of aromatic nitrogens is 1. The van der Waals surface area contributed by atoms with Crippen molar-refractivity contribution in [3.05, 3.63) is 114 Å². The summed E-state index contributed by atoms with van der Waals surface area (Å²) in [6, 6.07) is 28.2. The monoisotopic (exact) mass is 413 g/mol. The largest absolute Gasteiger partial charge is 0.418 e.